The van der Waals surface area contributed by atoms with E-state index >= 15 is 0 Å². The summed E-state index contributed by atoms with van der Waals surface area (Å²) < 4.78 is 6.34. The number of non-ortho nitro benzene ring substituents is 1. The second-order valence-electron chi connectivity index (χ2n) is 6.76. The van der Waals surface area contributed by atoms with E-state index in [1.165, 1.54) is 28.2 Å². The molecule has 0 unspecified atom stereocenters. The molecule has 0 atom stereocenters. The summed E-state index contributed by atoms with van der Waals surface area (Å²) in [6.07, 6.45) is 0.161. The second-order valence-corrected chi connectivity index (χ2v) is 7.71. The van der Waals surface area contributed by atoms with Gasteiger partial charge >= 0.3 is 5.76 Å². The quantitative estimate of drug-likeness (QED) is 0.436. The van der Waals surface area contributed by atoms with Gasteiger partial charge in [0.2, 0.25) is 5.91 Å². The van der Waals surface area contributed by atoms with Crippen LogP contribution < -0.4 is 10.7 Å². The summed E-state index contributed by atoms with van der Waals surface area (Å²) in [6, 6.07) is 10.1. The molecule has 1 aromatic carbocycles. The van der Waals surface area contributed by atoms with Gasteiger partial charge in [-0.25, -0.2) is 4.79 Å². The van der Waals surface area contributed by atoms with E-state index in [9.17, 15) is 19.7 Å². The Hall–Kier alpha value is -3.47. The Morgan fingerprint density at radius 3 is 2.53 bits per heavy atom. The fourth-order valence-corrected chi connectivity index (χ4v) is 3.95. The largest absolute Gasteiger partial charge is 0.437 e. The van der Waals surface area contributed by atoms with Gasteiger partial charge in [-0.3, -0.25) is 14.9 Å². The SMILES string of the molecule is O=C(CCn1nc(-c2cccs2)oc1=O)N1CCN(c2ccc([N+](=O)[O-])cc2)CC1. The molecule has 1 fully saturated rings. The number of nitrogens with zero attached hydrogens (tertiary/aromatic N) is 5. The zero-order chi connectivity index (χ0) is 21.1. The van der Waals surface area contributed by atoms with Crippen LogP contribution in [-0.4, -0.2) is 51.7 Å². The minimum absolute atomic E-state index is 0.0501. The van der Waals surface area contributed by atoms with Crippen LogP contribution in [0, 0.1) is 10.1 Å². The summed E-state index contributed by atoms with van der Waals surface area (Å²) in [4.78, 5) is 39.4. The Labute approximate surface area is 175 Å². The van der Waals surface area contributed by atoms with E-state index in [1.807, 2.05) is 17.5 Å². The summed E-state index contributed by atoms with van der Waals surface area (Å²) in [6.45, 7) is 2.52. The number of nitro benzene ring substituents is 1. The number of anilines is 1. The lowest BCUT2D eigenvalue weighted by molar-refractivity contribution is -0.384. The molecule has 0 bridgehead atoms. The highest BCUT2D eigenvalue weighted by Gasteiger charge is 2.22. The van der Waals surface area contributed by atoms with E-state index in [1.54, 1.807) is 17.0 Å². The van der Waals surface area contributed by atoms with Crippen LogP contribution in [0.1, 0.15) is 6.42 Å². The van der Waals surface area contributed by atoms with E-state index in [-0.39, 0.29) is 30.5 Å². The van der Waals surface area contributed by atoms with Crippen LogP contribution in [0.15, 0.2) is 51.0 Å². The molecule has 11 heteroatoms. The van der Waals surface area contributed by atoms with Crippen LogP contribution >= 0.6 is 11.3 Å². The normalized spacial score (nSPS) is 14.1. The van der Waals surface area contributed by atoms with E-state index in [2.05, 4.69) is 10.00 Å². The van der Waals surface area contributed by atoms with Crippen molar-refractivity contribution in [1.29, 1.82) is 0 Å². The first kappa shape index (κ1) is 19.8. The third kappa shape index (κ3) is 4.25. The fourth-order valence-electron chi connectivity index (χ4n) is 3.31. The standard InChI is InChI=1S/C19H19N5O5S/c25-17(7-8-23-19(26)29-18(20-23)16-2-1-13-30-16)22-11-9-21(10-12-22)14-3-5-15(6-4-14)24(27)28/h1-6,13H,7-12H2. The van der Waals surface area contributed by atoms with Crippen molar-refractivity contribution < 1.29 is 14.1 Å². The van der Waals surface area contributed by atoms with Crippen molar-refractivity contribution in [3.8, 4) is 10.8 Å². The maximum atomic E-state index is 12.5. The smallest absolute Gasteiger partial charge is 0.387 e. The number of thiophene rings is 1. The molecule has 30 heavy (non-hydrogen) atoms. The number of aryl methyl sites for hydroxylation is 1. The molecule has 156 valence electrons. The van der Waals surface area contributed by atoms with Crippen LogP contribution in [0.5, 0.6) is 0 Å². The average molecular weight is 429 g/mol. The van der Waals surface area contributed by atoms with Crippen molar-refractivity contribution in [2.75, 3.05) is 31.1 Å². The third-order valence-corrected chi connectivity index (χ3v) is 5.79. The Morgan fingerprint density at radius 2 is 1.90 bits per heavy atom. The molecular weight excluding hydrogens is 410 g/mol. The monoisotopic (exact) mass is 429 g/mol. The van der Waals surface area contributed by atoms with Gasteiger partial charge in [0.15, 0.2) is 0 Å². The van der Waals surface area contributed by atoms with Crippen molar-refractivity contribution in [2.45, 2.75) is 13.0 Å². The summed E-state index contributed by atoms with van der Waals surface area (Å²) >= 11 is 1.42. The van der Waals surface area contributed by atoms with Gasteiger partial charge in [0.1, 0.15) is 0 Å². The first-order valence-corrected chi connectivity index (χ1v) is 10.3. The predicted octanol–water partition coefficient (Wildman–Crippen LogP) is 2.21. The molecule has 1 aliphatic heterocycles. The van der Waals surface area contributed by atoms with Crippen molar-refractivity contribution >= 4 is 28.6 Å². The van der Waals surface area contributed by atoms with Gasteiger partial charge < -0.3 is 14.2 Å². The Morgan fingerprint density at radius 1 is 1.17 bits per heavy atom. The number of amides is 1. The molecule has 1 saturated heterocycles. The number of piperazine rings is 1. The number of hydrogen-bond acceptors (Lipinski definition) is 8. The average Bonchev–Trinajstić information content (AvgIpc) is 3.42. The lowest BCUT2D eigenvalue weighted by Gasteiger charge is -2.36. The highest BCUT2D eigenvalue weighted by atomic mass is 32.1. The fraction of sp³-hybridized carbons (Fsp3) is 0.316. The van der Waals surface area contributed by atoms with Gasteiger partial charge in [0.25, 0.3) is 11.6 Å². The number of carbonyl (C=O) groups excluding carboxylic acids is 1. The zero-order valence-corrected chi connectivity index (χ0v) is 16.8. The van der Waals surface area contributed by atoms with E-state index in [0.29, 0.717) is 26.2 Å². The Kier molecular flexibility index (Phi) is 5.61. The molecule has 0 spiro atoms. The molecular formula is C19H19N5O5S. The van der Waals surface area contributed by atoms with Gasteiger partial charge in [0.05, 0.1) is 16.3 Å². The number of nitro groups is 1. The maximum Gasteiger partial charge on any atom is 0.437 e. The summed E-state index contributed by atoms with van der Waals surface area (Å²) in [5, 5.41) is 16.8. The molecule has 1 amide bonds. The van der Waals surface area contributed by atoms with Crippen LogP contribution in [0.2, 0.25) is 0 Å². The predicted molar refractivity (Wildman–Crippen MR) is 111 cm³/mol. The van der Waals surface area contributed by atoms with Crippen LogP contribution in [0.4, 0.5) is 11.4 Å². The molecule has 0 saturated carbocycles. The number of hydrogen-bond donors (Lipinski definition) is 0. The Bertz CT molecular complexity index is 1080. The topological polar surface area (TPSA) is 115 Å². The molecule has 0 radical (unpaired) electrons. The first-order chi connectivity index (χ1) is 14.5. The Balaban J connectivity index is 1.29. The molecule has 2 aromatic heterocycles. The molecule has 10 nitrogen and oxygen atoms in total. The van der Waals surface area contributed by atoms with Crippen molar-refractivity contribution in [3.05, 3.63) is 62.4 Å². The minimum atomic E-state index is -0.575. The second kappa shape index (κ2) is 8.49. The van der Waals surface area contributed by atoms with E-state index in [0.717, 1.165) is 10.6 Å². The molecule has 0 N–H and O–H groups in total. The van der Waals surface area contributed by atoms with Gasteiger partial charge in [-0.15, -0.1) is 16.4 Å². The van der Waals surface area contributed by atoms with Gasteiger partial charge in [-0.1, -0.05) is 6.07 Å². The summed E-state index contributed by atoms with van der Waals surface area (Å²) in [5.74, 6) is -0.362. The van der Waals surface area contributed by atoms with Crippen molar-refractivity contribution in [3.63, 3.8) is 0 Å². The number of benzene rings is 1. The van der Waals surface area contributed by atoms with Gasteiger partial charge in [-0.05, 0) is 23.6 Å². The zero-order valence-electron chi connectivity index (χ0n) is 16.0. The number of carbonyl (C=O) groups is 1. The van der Waals surface area contributed by atoms with Gasteiger partial charge in [-0.2, -0.15) is 4.68 Å². The summed E-state index contributed by atoms with van der Waals surface area (Å²) in [5.41, 5.74) is 0.945. The molecule has 1 aliphatic rings. The number of aromatic nitrogens is 2. The molecule has 3 aromatic rings. The van der Waals surface area contributed by atoms with Crippen molar-refractivity contribution in [1.82, 2.24) is 14.7 Å². The summed E-state index contributed by atoms with van der Waals surface area (Å²) in [7, 11) is 0. The van der Waals surface area contributed by atoms with Crippen molar-refractivity contribution in [2.24, 2.45) is 0 Å². The number of rotatable bonds is 6. The molecule has 3 heterocycles. The van der Waals surface area contributed by atoms with Crippen LogP contribution in [-0.2, 0) is 11.3 Å². The van der Waals surface area contributed by atoms with E-state index < -0.39 is 10.7 Å². The van der Waals surface area contributed by atoms with E-state index in [4.69, 9.17) is 4.42 Å². The maximum absolute atomic E-state index is 12.5. The third-order valence-electron chi connectivity index (χ3n) is 4.93. The first-order valence-electron chi connectivity index (χ1n) is 9.40. The van der Waals surface area contributed by atoms with Crippen LogP contribution in [0.25, 0.3) is 10.8 Å². The highest BCUT2D eigenvalue weighted by molar-refractivity contribution is 7.13. The van der Waals surface area contributed by atoms with Gasteiger partial charge in [0, 0.05) is 50.4 Å². The lowest BCUT2D eigenvalue weighted by atomic mass is 10.2. The molecule has 4 rings (SSSR count). The minimum Gasteiger partial charge on any atom is -0.387 e. The lowest BCUT2D eigenvalue weighted by Crippen LogP contribution is -2.49. The molecule has 0 aliphatic carbocycles. The highest BCUT2D eigenvalue weighted by Crippen LogP contribution is 2.22. The van der Waals surface area contributed by atoms with Crippen LogP contribution in [0.3, 0.4) is 0 Å².